The van der Waals surface area contributed by atoms with Gasteiger partial charge in [-0.3, -0.25) is 0 Å². The van der Waals surface area contributed by atoms with Crippen LogP contribution < -0.4 is 0 Å². The molecule has 0 nitrogen and oxygen atoms in total. The third-order valence-corrected chi connectivity index (χ3v) is 37.9. The molecule has 1 aromatic rings. The lowest BCUT2D eigenvalue weighted by molar-refractivity contribution is 1.60. The third kappa shape index (κ3) is 5.63. The summed E-state index contributed by atoms with van der Waals surface area (Å²) >= 11 is 0. The van der Waals surface area contributed by atoms with Crippen LogP contribution in [0.3, 0.4) is 0 Å². The van der Waals surface area contributed by atoms with Crippen molar-refractivity contribution in [1.82, 2.24) is 0 Å². The molecule has 4 heteroatoms. The van der Waals surface area contributed by atoms with Crippen LogP contribution in [0, 0.1) is 22.9 Å². The van der Waals surface area contributed by atoms with Crippen molar-refractivity contribution in [3.8, 4) is 22.9 Å². The van der Waals surface area contributed by atoms with Gasteiger partial charge in [-0.05, 0) is 24.3 Å². The summed E-state index contributed by atoms with van der Waals surface area (Å²) in [6.07, 6.45) is 0. The van der Waals surface area contributed by atoms with Crippen molar-refractivity contribution in [2.45, 2.75) is 65.5 Å². The van der Waals surface area contributed by atoms with Gasteiger partial charge >= 0.3 is 0 Å². The standard InChI is InChI=1S/C20H34Si4/c1-21(2,3)23(7,8)17-15-19-11-13-20(14-12-19)16-18-24(9,10)22(4,5)6/h11-14H,1-10H3. The van der Waals surface area contributed by atoms with Crippen LogP contribution in [0.2, 0.25) is 65.5 Å². The van der Waals surface area contributed by atoms with E-state index in [0.717, 1.165) is 11.1 Å². The molecule has 0 amide bonds. The highest BCUT2D eigenvalue weighted by Gasteiger charge is 2.36. The van der Waals surface area contributed by atoms with Gasteiger partial charge in [0, 0.05) is 11.1 Å². The summed E-state index contributed by atoms with van der Waals surface area (Å²) in [6.45, 7) is 24.3. The van der Waals surface area contributed by atoms with Crippen LogP contribution in [0.1, 0.15) is 11.1 Å². The Morgan fingerprint density at radius 1 is 0.500 bits per heavy atom. The minimum Gasteiger partial charge on any atom is -0.130 e. The second-order valence-electron chi connectivity index (χ2n) is 9.83. The molecule has 0 aliphatic heterocycles. The number of hydrogen-bond donors (Lipinski definition) is 0. The molecular weight excluding hydrogens is 353 g/mol. The van der Waals surface area contributed by atoms with Crippen LogP contribution >= 0.6 is 0 Å². The van der Waals surface area contributed by atoms with E-state index >= 15 is 0 Å². The predicted octanol–water partition coefficient (Wildman–Crippen LogP) is 5.72. The van der Waals surface area contributed by atoms with Crippen LogP contribution in [0.4, 0.5) is 0 Å². The van der Waals surface area contributed by atoms with Crippen molar-refractivity contribution in [3.05, 3.63) is 35.4 Å². The highest BCUT2D eigenvalue weighted by molar-refractivity contribution is 7.44. The molecule has 0 spiro atoms. The van der Waals surface area contributed by atoms with Crippen LogP contribution in [0.25, 0.3) is 0 Å². The first-order chi connectivity index (χ1) is 10.7. The smallest absolute Gasteiger partial charge is 0.123 e. The number of rotatable bonds is 2. The van der Waals surface area contributed by atoms with E-state index < -0.39 is 30.4 Å². The molecule has 130 valence electrons. The Balaban J connectivity index is 2.98. The quantitative estimate of drug-likeness (QED) is 0.450. The molecular formula is C20H34Si4. The van der Waals surface area contributed by atoms with Crippen molar-refractivity contribution in [1.29, 1.82) is 0 Å². The maximum Gasteiger partial charge on any atom is 0.123 e. The van der Waals surface area contributed by atoms with E-state index in [0.29, 0.717) is 0 Å². The van der Waals surface area contributed by atoms with E-state index in [1.807, 2.05) is 0 Å². The summed E-state index contributed by atoms with van der Waals surface area (Å²) in [6, 6.07) is 8.53. The first-order valence-electron chi connectivity index (χ1n) is 8.82. The second-order valence-corrected chi connectivity index (χ2v) is 42.3. The topological polar surface area (TPSA) is 0 Å². The van der Waals surface area contributed by atoms with Gasteiger partial charge < -0.3 is 0 Å². The van der Waals surface area contributed by atoms with Crippen molar-refractivity contribution >= 4 is 30.4 Å². The van der Waals surface area contributed by atoms with Gasteiger partial charge in [0.15, 0.2) is 0 Å². The molecule has 0 saturated carbocycles. The Morgan fingerprint density at radius 3 is 0.958 bits per heavy atom. The molecule has 0 fully saturated rings. The Morgan fingerprint density at radius 2 is 0.750 bits per heavy atom. The highest BCUT2D eigenvalue weighted by Crippen LogP contribution is 2.18. The molecule has 0 unspecified atom stereocenters. The molecule has 0 N–H and O–H groups in total. The zero-order valence-corrected chi connectivity index (χ0v) is 21.3. The van der Waals surface area contributed by atoms with E-state index in [2.05, 4.69) is 113 Å². The van der Waals surface area contributed by atoms with Gasteiger partial charge in [0.25, 0.3) is 0 Å². The fourth-order valence-corrected chi connectivity index (χ4v) is 5.76. The zero-order valence-electron chi connectivity index (χ0n) is 17.3. The maximum atomic E-state index is 3.64. The Labute approximate surface area is 154 Å². The molecule has 0 heterocycles. The molecule has 0 radical (unpaired) electrons. The molecule has 0 bridgehead atoms. The molecule has 24 heavy (non-hydrogen) atoms. The van der Waals surface area contributed by atoms with Gasteiger partial charge in [0.1, 0.15) is 15.2 Å². The summed E-state index contributed by atoms with van der Waals surface area (Å²) in [4.78, 5) is 0. The zero-order chi connectivity index (χ0) is 18.8. The van der Waals surface area contributed by atoms with Crippen LogP contribution in [-0.4, -0.2) is 30.4 Å². The van der Waals surface area contributed by atoms with Gasteiger partial charge in [0.05, 0.1) is 15.2 Å². The Kier molecular flexibility index (Phi) is 6.39. The molecule has 0 aliphatic rings. The molecule has 0 aliphatic carbocycles. The Hall–Kier alpha value is -0.792. The largest absolute Gasteiger partial charge is 0.130 e. The van der Waals surface area contributed by atoms with Gasteiger partial charge in [0.2, 0.25) is 0 Å². The SMILES string of the molecule is C[Si](C)(C)[Si](C)(C)C#Cc1ccc(C#C[Si](C)(C)[Si](C)(C)C)cc1. The van der Waals surface area contributed by atoms with E-state index in [1.54, 1.807) is 0 Å². The fraction of sp³-hybridized carbons (Fsp3) is 0.500. The van der Waals surface area contributed by atoms with Gasteiger partial charge in [-0.15, -0.1) is 11.1 Å². The lowest BCUT2D eigenvalue weighted by atomic mass is 10.1. The van der Waals surface area contributed by atoms with Crippen LogP contribution in [0.5, 0.6) is 0 Å². The predicted molar refractivity (Wildman–Crippen MR) is 122 cm³/mol. The van der Waals surface area contributed by atoms with E-state index in [4.69, 9.17) is 0 Å². The average Bonchev–Trinajstić information content (AvgIpc) is 2.41. The number of benzene rings is 1. The van der Waals surface area contributed by atoms with Crippen molar-refractivity contribution < 1.29 is 0 Å². The van der Waals surface area contributed by atoms with Gasteiger partial charge in [-0.2, -0.15) is 0 Å². The van der Waals surface area contributed by atoms with Crippen LogP contribution in [-0.2, 0) is 0 Å². The summed E-state index contributed by atoms with van der Waals surface area (Å²) < 4.78 is 0. The molecule has 1 rings (SSSR count). The van der Waals surface area contributed by atoms with Crippen LogP contribution in [0.15, 0.2) is 24.3 Å². The monoisotopic (exact) mass is 386 g/mol. The molecule has 1 aromatic carbocycles. The highest BCUT2D eigenvalue weighted by atomic mass is 29.3. The maximum absolute atomic E-state index is 3.64. The average molecular weight is 387 g/mol. The molecule has 0 aromatic heterocycles. The van der Waals surface area contributed by atoms with Crippen molar-refractivity contribution in [2.24, 2.45) is 0 Å². The first-order valence-corrected chi connectivity index (χ1v) is 23.8. The van der Waals surface area contributed by atoms with Crippen molar-refractivity contribution in [3.63, 3.8) is 0 Å². The fourth-order valence-electron chi connectivity index (χ4n) is 1.47. The molecule has 0 saturated heterocycles. The van der Waals surface area contributed by atoms with E-state index in [1.165, 1.54) is 0 Å². The first kappa shape index (κ1) is 21.3. The summed E-state index contributed by atoms with van der Waals surface area (Å²) in [5.41, 5.74) is 9.53. The summed E-state index contributed by atoms with van der Waals surface area (Å²) in [7, 11) is -5.10. The van der Waals surface area contributed by atoms with Gasteiger partial charge in [-0.1, -0.05) is 77.3 Å². The minimum atomic E-state index is -1.40. The normalized spacial score (nSPS) is 12.8. The van der Waals surface area contributed by atoms with E-state index in [-0.39, 0.29) is 0 Å². The summed E-state index contributed by atoms with van der Waals surface area (Å²) in [5, 5.41) is 0. The third-order valence-electron chi connectivity index (χ3n) is 5.67. The number of hydrogen-bond acceptors (Lipinski definition) is 0. The lowest BCUT2D eigenvalue weighted by Crippen LogP contribution is -2.51. The molecule has 0 atom stereocenters. The van der Waals surface area contributed by atoms with E-state index in [9.17, 15) is 0 Å². The Bertz CT molecular complexity index is 628. The second kappa shape index (κ2) is 7.21. The minimum absolute atomic E-state index is 1.13. The lowest BCUT2D eigenvalue weighted by Gasteiger charge is -2.29. The van der Waals surface area contributed by atoms with Gasteiger partial charge in [-0.25, -0.2) is 0 Å². The van der Waals surface area contributed by atoms with Crippen molar-refractivity contribution in [2.75, 3.05) is 0 Å². The summed E-state index contributed by atoms with van der Waals surface area (Å²) in [5.74, 6) is 6.86.